The van der Waals surface area contributed by atoms with Crippen molar-refractivity contribution in [3.8, 4) is 0 Å². The van der Waals surface area contributed by atoms with Gasteiger partial charge in [0.05, 0.1) is 5.60 Å². The first kappa shape index (κ1) is 15.7. The molecule has 0 aliphatic heterocycles. The molecule has 0 bridgehead atoms. The average Bonchev–Trinajstić information content (AvgIpc) is 2.48. The van der Waals surface area contributed by atoms with Crippen LogP contribution in [-0.2, 0) is 12.8 Å². The largest absolute Gasteiger partial charge is 0.388 e. The Morgan fingerprint density at radius 3 is 1.57 bits per heavy atom. The van der Waals surface area contributed by atoms with E-state index in [4.69, 9.17) is 0 Å². The maximum absolute atomic E-state index is 11.3. The molecule has 0 aliphatic carbocycles. The number of nitrogens with zero attached hydrogens (tertiary/aromatic N) is 1. The maximum Gasteiger partial charge on any atom is 0.0879 e. The Morgan fingerprint density at radius 1 is 0.857 bits per heavy atom. The summed E-state index contributed by atoms with van der Waals surface area (Å²) in [7, 11) is 4.04. The van der Waals surface area contributed by atoms with Gasteiger partial charge in [0.2, 0.25) is 0 Å². The summed E-state index contributed by atoms with van der Waals surface area (Å²) in [5.41, 5.74) is 1.56. The molecule has 1 atom stereocenters. The number of benzene rings is 2. The zero-order valence-corrected chi connectivity index (χ0v) is 13.2. The smallest absolute Gasteiger partial charge is 0.0879 e. The highest BCUT2D eigenvalue weighted by atomic mass is 16.3. The third kappa shape index (κ3) is 4.16. The normalized spacial score (nSPS) is 13.4. The van der Waals surface area contributed by atoms with Gasteiger partial charge in [-0.05, 0) is 32.1 Å². The number of aliphatic hydroxyl groups is 1. The molecule has 0 aromatic heterocycles. The van der Waals surface area contributed by atoms with Crippen LogP contribution >= 0.6 is 0 Å². The molecule has 0 saturated carbocycles. The minimum atomic E-state index is -0.786. The average molecular weight is 283 g/mol. The van der Waals surface area contributed by atoms with Gasteiger partial charge in [-0.2, -0.15) is 0 Å². The first-order valence-electron chi connectivity index (χ1n) is 7.48. The SMILES string of the molecule is CC(N(C)C)C(O)(Cc1ccccc1)Cc1ccccc1. The van der Waals surface area contributed by atoms with Crippen LogP contribution in [0.3, 0.4) is 0 Å². The molecule has 0 amide bonds. The zero-order chi connectivity index (χ0) is 15.3. The molecule has 2 nitrogen and oxygen atoms in total. The van der Waals surface area contributed by atoms with Crippen LogP contribution in [0.4, 0.5) is 0 Å². The predicted octanol–water partition coefficient (Wildman–Crippen LogP) is 3.15. The summed E-state index contributed by atoms with van der Waals surface area (Å²) in [6.45, 7) is 2.09. The lowest BCUT2D eigenvalue weighted by Crippen LogP contribution is -2.51. The van der Waals surface area contributed by atoms with Crippen LogP contribution in [0.5, 0.6) is 0 Å². The molecule has 21 heavy (non-hydrogen) atoms. The molecule has 0 saturated heterocycles. The summed E-state index contributed by atoms with van der Waals surface area (Å²) in [5, 5.41) is 11.3. The molecule has 2 rings (SSSR count). The van der Waals surface area contributed by atoms with Crippen LogP contribution < -0.4 is 0 Å². The molecule has 2 aromatic carbocycles. The summed E-state index contributed by atoms with van der Waals surface area (Å²) in [6, 6.07) is 20.5. The molecular formula is C19H25NO. The van der Waals surface area contributed by atoms with Gasteiger partial charge < -0.3 is 10.0 Å². The van der Waals surface area contributed by atoms with Crippen molar-refractivity contribution >= 4 is 0 Å². The van der Waals surface area contributed by atoms with Crippen molar-refractivity contribution in [1.82, 2.24) is 4.90 Å². The molecule has 2 heteroatoms. The van der Waals surface area contributed by atoms with Crippen LogP contribution in [0.25, 0.3) is 0 Å². The Balaban J connectivity index is 2.26. The molecule has 0 aliphatic rings. The second-order valence-corrected chi connectivity index (χ2v) is 6.07. The highest BCUT2D eigenvalue weighted by Crippen LogP contribution is 2.25. The molecule has 2 aromatic rings. The number of hydrogen-bond donors (Lipinski definition) is 1. The molecule has 0 heterocycles. The fourth-order valence-corrected chi connectivity index (χ4v) is 2.74. The Hall–Kier alpha value is -1.64. The van der Waals surface area contributed by atoms with E-state index >= 15 is 0 Å². The Morgan fingerprint density at radius 2 is 1.24 bits per heavy atom. The van der Waals surface area contributed by atoms with E-state index in [2.05, 4.69) is 36.1 Å². The summed E-state index contributed by atoms with van der Waals surface area (Å²) in [4.78, 5) is 2.09. The Kier molecular flexibility index (Phi) is 5.16. The molecule has 112 valence electrons. The van der Waals surface area contributed by atoms with Gasteiger partial charge in [0, 0.05) is 18.9 Å². The van der Waals surface area contributed by atoms with Crippen molar-refractivity contribution in [2.75, 3.05) is 14.1 Å². The highest BCUT2D eigenvalue weighted by Gasteiger charge is 2.35. The molecule has 1 unspecified atom stereocenters. The van der Waals surface area contributed by atoms with Gasteiger partial charge in [-0.1, -0.05) is 60.7 Å². The lowest BCUT2D eigenvalue weighted by molar-refractivity contribution is -0.0257. The van der Waals surface area contributed by atoms with Crippen LogP contribution in [0, 0.1) is 0 Å². The summed E-state index contributed by atoms with van der Waals surface area (Å²) < 4.78 is 0. The Bertz CT molecular complexity index is 495. The summed E-state index contributed by atoms with van der Waals surface area (Å²) in [5.74, 6) is 0. The highest BCUT2D eigenvalue weighted by molar-refractivity contribution is 5.22. The maximum atomic E-state index is 11.3. The third-order valence-electron chi connectivity index (χ3n) is 4.26. The molecule has 0 radical (unpaired) electrons. The van der Waals surface area contributed by atoms with E-state index in [0.717, 1.165) is 0 Å². The van der Waals surface area contributed by atoms with Gasteiger partial charge in [-0.3, -0.25) is 0 Å². The summed E-state index contributed by atoms with van der Waals surface area (Å²) in [6.07, 6.45) is 1.31. The van der Waals surface area contributed by atoms with Gasteiger partial charge >= 0.3 is 0 Å². The lowest BCUT2D eigenvalue weighted by atomic mass is 9.82. The standard InChI is InChI=1S/C19H25NO/c1-16(20(2)3)19(21,14-17-10-6-4-7-11-17)15-18-12-8-5-9-13-18/h4-13,16,21H,14-15H2,1-3H3. The van der Waals surface area contributed by atoms with Gasteiger partial charge in [-0.15, -0.1) is 0 Å². The van der Waals surface area contributed by atoms with Crippen LogP contribution in [0.1, 0.15) is 18.1 Å². The topological polar surface area (TPSA) is 23.5 Å². The van der Waals surface area contributed by atoms with Crippen LogP contribution in [-0.4, -0.2) is 35.7 Å². The van der Waals surface area contributed by atoms with Crippen molar-refractivity contribution in [3.05, 3.63) is 71.8 Å². The van der Waals surface area contributed by atoms with Crippen LogP contribution in [0.15, 0.2) is 60.7 Å². The Labute approximate surface area is 128 Å². The molecule has 0 fully saturated rings. The fourth-order valence-electron chi connectivity index (χ4n) is 2.74. The monoisotopic (exact) mass is 283 g/mol. The van der Waals surface area contributed by atoms with E-state index in [0.29, 0.717) is 12.8 Å². The minimum absolute atomic E-state index is 0.0675. The molecule has 1 N–H and O–H groups in total. The number of likely N-dealkylation sites (N-methyl/N-ethyl adjacent to an activating group) is 1. The second kappa shape index (κ2) is 6.88. The van der Waals surface area contributed by atoms with Gasteiger partial charge in [-0.25, -0.2) is 0 Å². The number of rotatable bonds is 6. The van der Waals surface area contributed by atoms with E-state index in [1.165, 1.54) is 11.1 Å². The van der Waals surface area contributed by atoms with Crippen molar-refractivity contribution in [2.24, 2.45) is 0 Å². The first-order chi connectivity index (χ1) is 10.0. The molecule has 0 spiro atoms. The van der Waals surface area contributed by atoms with E-state index in [1.54, 1.807) is 0 Å². The van der Waals surface area contributed by atoms with Gasteiger partial charge in [0.25, 0.3) is 0 Å². The predicted molar refractivity (Wildman–Crippen MR) is 88.4 cm³/mol. The first-order valence-corrected chi connectivity index (χ1v) is 7.48. The number of hydrogen-bond acceptors (Lipinski definition) is 2. The quantitative estimate of drug-likeness (QED) is 0.880. The van der Waals surface area contributed by atoms with E-state index in [1.807, 2.05) is 50.5 Å². The van der Waals surface area contributed by atoms with E-state index in [9.17, 15) is 5.11 Å². The second-order valence-electron chi connectivity index (χ2n) is 6.07. The summed E-state index contributed by atoms with van der Waals surface area (Å²) >= 11 is 0. The third-order valence-corrected chi connectivity index (χ3v) is 4.26. The van der Waals surface area contributed by atoms with Crippen molar-refractivity contribution in [1.29, 1.82) is 0 Å². The fraction of sp³-hybridized carbons (Fsp3) is 0.368. The van der Waals surface area contributed by atoms with E-state index < -0.39 is 5.60 Å². The van der Waals surface area contributed by atoms with Crippen LogP contribution in [0.2, 0.25) is 0 Å². The van der Waals surface area contributed by atoms with Crippen molar-refractivity contribution < 1.29 is 5.11 Å². The lowest BCUT2D eigenvalue weighted by Gasteiger charge is -2.38. The van der Waals surface area contributed by atoms with E-state index in [-0.39, 0.29) is 6.04 Å². The zero-order valence-electron chi connectivity index (χ0n) is 13.2. The molecular weight excluding hydrogens is 258 g/mol. The van der Waals surface area contributed by atoms with Crippen molar-refractivity contribution in [2.45, 2.75) is 31.4 Å². The van der Waals surface area contributed by atoms with Gasteiger partial charge in [0.1, 0.15) is 0 Å². The van der Waals surface area contributed by atoms with Crippen molar-refractivity contribution in [3.63, 3.8) is 0 Å². The van der Waals surface area contributed by atoms with Gasteiger partial charge in [0.15, 0.2) is 0 Å². The minimum Gasteiger partial charge on any atom is -0.388 e.